The minimum atomic E-state index is -1.39. The van der Waals surface area contributed by atoms with Crippen molar-refractivity contribution in [2.24, 2.45) is 0 Å². The van der Waals surface area contributed by atoms with Crippen molar-refractivity contribution in [1.82, 2.24) is 10.3 Å². The molecule has 2 rings (SSSR count). The minimum absolute atomic E-state index is 0.0859. The van der Waals surface area contributed by atoms with Gasteiger partial charge in [0.2, 0.25) is 0 Å². The van der Waals surface area contributed by atoms with E-state index in [1.54, 1.807) is 13.0 Å². The third-order valence-corrected chi connectivity index (χ3v) is 3.28. The number of pyridine rings is 1. The van der Waals surface area contributed by atoms with E-state index in [2.05, 4.69) is 10.3 Å². The van der Waals surface area contributed by atoms with Crippen LogP contribution in [0.4, 0.5) is 4.39 Å². The van der Waals surface area contributed by atoms with Crippen LogP contribution in [-0.4, -0.2) is 22.0 Å². The van der Waals surface area contributed by atoms with Gasteiger partial charge in [-0.3, -0.25) is 9.78 Å². The highest BCUT2D eigenvalue weighted by Gasteiger charge is 2.23. The summed E-state index contributed by atoms with van der Waals surface area (Å²) in [4.78, 5) is 27.4. The fourth-order valence-electron chi connectivity index (χ4n) is 1.80. The molecule has 0 aliphatic rings. The average Bonchev–Trinajstić information content (AvgIpc) is 2.48. The Morgan fingerprint density at radius 3 is 2.59 bits per heavy atom. The van der Waals surface area contributed by atoms with E-state index in [4.69, 9.17) is 11.6 Å². The molecule has 0 saturated carbocycles. The smallest absolute Gasteiger partial charge is 0.330 e. The van der Waals surface area contributed by atoms with Crippen LogP contribution in [0.15, 0.2) is 36.5 Å². The van der Waals surface area contributed by atoms with Crippen LogP contribution >= 0.6 is 11.6 Å². The molecule has 0 spiro atoms. The van der Waals surface area contributed by atoms with Gasteiger partial charge in [-0.1, -0.05) is 17.7 Å². The Bertz CT molecular complexity index is 719. The first kappa shape index (κ1) is 15.9. The number of hydrogen-bond donors (Lipinski definition) is 2. The highest BCUT2D eigenvalue weighted by atomic mass is 35.5. The number of amides is 1. The lowest BCUT2D eigenvalue weighted by molar-refractivity contribution is -0.139. The summed E-state index contributed by atoms with van der Waals surface area (Å²) in [7, 11) is 0. The Morgan fingerprint density at radius 1 is 1.32 bits per heavy atom. The molecule has 0 aliphatic carbocycles. The fraction of sp³-hybridized carbons (Fsp3) is 0.133. The minimum Gasteiger partial charge on any atom is -0.479 e. The number of aromatic nitrogens is 1. The Kier molecular flexibility index (Phi) is 4.72. The SMILES string of the molecule is Cc1ccc(C(=O)N[C@H](C(=O)O)c2ccc(Cl)c(F)c2)cn1. The van der Waals surface area contributed by atoms with Crippen LogP contribution in [0, 0.1) is 12.7 Å². The molecule has 1 atom stereocenters. The summed E-state index contributed by atoms with van der Waals surface area (Å²) < 4.78 is 13.5. The number of rotatable bonds is 4. The first-order valence-corrected chi connectivity index (χ1v) is 6.67. The third kappa shape index (κ3) is 3.59. The lowest BCUT2D eigenvalue weighted by atomic mass is 10.1. The lowest BCUT2D eigenvalue weighted by Gasteiger charge is -2.15. The number of nitrogens with zero attached hydrogens (tertiary/aromatic N) is 1. The summed E-state index contributed by atoms with van der Waals surface area (Å²) >= 11 is 5.56. The molecule has 114 valence electrons. The maximum absolute atomic E-state index is 13.5. The van der Waals surface area contributed by atoms with E-state index in [9.17, 15) is 19.1 Å². The summed E-state index contributed by atoms with van der Waals surface area (Å²) in [5.41, 5.74) is 1.03. The second-order valence-corrected chi connectivity index (χ2v) is 5.01. The second kappa shape index (κ2) is 6.53. The van der Waals surface area contributed by atoms with E-state index < -0.39 is 23.7 Å². The molecule has 0 aliphatic heterocycles. The van der Waals surface area contributed by atoms with Crippen LogP contribution in [0.3, 0.4) is 0 Å². The van der Waals surface area contributed by atoms with E-state index in [-0.39, 0.29) is 16.1 Å². The van der Waals surface area contributed by atoms with Crippen LogP contribution in [0.25, 0.3) is 0 Å². The number of benzene rings is 1. The zero-order chi connectivity index (χ0) is 16.3. The molecule has 2 aromatic rings. The topological polar surface area (TPSA) is 79.3 Å². The van der Waals surface area contributed by atoms with Crippen molar-refractivity contribution in [2.45, 2.75) is 13.0 Å². The number of nitrogens with one attached hydrogen (secondary N) is 1. The van der Waals surface area contributed by atoms with Crippen molar-refractivity contribution < 1.29 is 19.1 Å². The average molecular weight is 323 g/mol. The molecular formula is C15H12ClFN2O3. The van der Waals surface area contributed by atoms with Gasteiger partial charge in [0.15, 0.2) is 6.04 Å². The van der Waals surface area contributed by atoms with Crippen molar-refractivity contribution in [3.8, 4) is 0 Å². The van der Waals surface area contributed by atoms with Gasteiger partial charge in [-0.25, -0.2) is 9.18 Å². The monoisotopic (exact) mass is 322 g/mol. The van der Waals surface area contributed by atoms with Gasteiger partial charge in [0.1, 0.15) is 5.82 Å². The molecule has 0 unspecified atom stereocenters. The van der Waals surface area contributed by atoms with Crippen molar-refractivity contribution in [1.29, 1.82) is 0 Å². The highest BCUT2D eigenvalue weighted by molar-refractivity contribution is 6.30. The van der Waals surface area contributed by atoms with Gasteiger partial charge in [0.05, 0.1) is 10.6 Å². The summed E-state index contributed by atoms with van der Waals surface area (Å²) in [5, 5.41) is 11.4. The van der Waals surface area contributed by atoms with Crippen LogP contribution in [0.1, 0.15) is 27.7 Å². The molecule has 1 aromatic heterocycles. The molecule has 2 N–H and O–H groups in total. The first-order chi connectivity index (χ1) is 10.4. The Balaban J connectivity index is 2.25. The molecule has 1 aromatic carbocycles. The zero-order valence-corrected chi connectivity index (χ0v) is 12.3. The summed E-state index contributed by atoms with van der Waals surface area (Å²) in [6.07, 6.45) is 1.34. The van der Waals surface area contributed by atoms with Crippen LogP contribution in [-0.2, 0) is 4.79 Å². The molecule has 0 saturated heterocycles. The molecule has 0 fully saturated rings. The number of carbonyl (C=O) groups is 2. The standard InChI is InChI=1S/C15H12ClFN2O3/c1-8-2-3-10(7-18-8)14(20)19-13(15(21)22)9-4-5-11(16)12(17)6-9/h2-7,13H,1H3,(H,19,20)(H,21,22)/t13-/m0/s1. The van der Waals surface area contributed by atoms with Gasteiger partial charge < -0.3 is 10.4 Å². The molecule has 22 heavy (non-hydrogen) atoms. The van der Waals surface area contributed by atoms with E-state index in [0.29, 0.717) is 0 Å². The highest BCUT2D eigenvalue weighted by Crippen LogP contribution is 2.21. The Hall–Kier alpha value is -2.47. The number of carboxylic acid groups (broad SMARTS) is 1. The molecule has 1 heterocycles. The number of aliphatic carboxylic acids is 1. The number of halogens is 2. The fourth-order valence-corrected chi connectivity index (χ4v) is 1.91. The number of aryl methyl sites for hydroxylation is 1. The van der Waals surface area contributed by atoms with Crippen LogP contribution < -0.4 is 5.32 Å². The second-order valence-electron chi connectivity index (χ2n) is 4.61. The van der Waals surface area contributed by atoms with Crippen molar-refractivity contribution in [3.63, 3.8) is 0 Å². The normalized spacial score (nSPS) is 11.8. The third-order valence-electron chi connectivity index (χ3n) is 2.97. The van der Waals surface area contributed by atoms with Crippen molar-refractivity contribution in [2.75, 3.05) is 0 Å². The molecule has 0 bridgehead atoms. The molecule has 7 heteroatoms. The van der Waals surface area contributed by atoms with E-state index in [1.807, 2.05) is 0 Å². The van der Waals surface area contributed by atoms with E-state index >= 15 is 0 Å². The van der Waals surface area contributed by atoms with E-state index in [0.717, 1.165) is 11.8 Å². The van der Waals surface area contributed by atoms with Gasteiger partial charge in [-0.15, -0.1) is 0 Å². The number of carbonyl (C=O) groups excluding carboxylic acids is 1. The largest absolute Gasteiger partial charge is 0.479 e. The zero-order valence-electron chi connectivity index (χ0n) is 11.5. The molecule has 1 amide bonds. The maximum atomic E-state index is 13.5. The summed E-state index contributed by atoms with van der Waals surface area (Å²) in [5.74, 6) is -2.68. The summed E-state index contributed by atoms with van der Waals surface area (Å²) in [6.45, 7) is 1.76. The van der Waals surface area contributed by atoms with Crippen molar-refractivity contribution >= 4 is 23.5 Å². The first-order valence-electron chi connectivity index (χ1n) is 6.30. The van der Waals surface area contributed by atoms with E-state index in [1.165, 1.54) is 24.4 Å². The molecule has 5 nitrogen and oxygen atoms in total. The van der Waals surface area contributed by atoms with Crippen LogP contribution in [0.5, 0.6) is 0 Å². The predicted molar refractivity (Wildman–Crippen MR) is 78.2 cm³/mol. The number of hydrogen-bond acceptors (Lipinski definition) is 3. The Morgan fingerprint density at radius 2 is 2.05 bits per heavy atom. The summed E-state index contributed by atoms with van der Waals surface area (Å²) in [6, 6.07) is 5.33. The van der Waals surface area contributed by atoms with Gasteiger partial charge in [-0.05, 0) is 36.8 Å². The number of carboxylic acids is 1. The van der Waals surface area contributed by atoms with Gasteiger partial charge >= 0.3 is 5.97 Å². The lowest BCUT2D eigenvalue weighted by Crippen LogP contribution is -2.33. The van der Waals surface area contributed by atoms with Crippen LogP contribution in [0.2, 0.25) is 5.02 Å². The predicted octanol–water partition coefficient (Wildman–Crippen LogP) is 2.74. The maximum Gasteiger partial charge on any atom is 0.330 e. The van der Waals surface area contributed by atoms with Crippen molar-refractivity contribution in [3.05, 3.63) is 64.2 Å². The quantitative estimate of drug-likeness (QED) is 0.907. The van der Waals surface area contributed by atoms with Gasteiger partial charge in [0, 0.05) is 11.9 Å². The molecular weight excluding hydrogens is 311 g/mol. The Labute approximate surface area is 130 Å². The van der Waals surface area contributed by atoms with Gasteiger partial charge in [-0.2, -0.15) is 0 Å². The van der Waals surface area contributed by atoms with Gasteiger partial charge in [0.25, 0.3) is 5.91 Å². The molecule has 0 radical (unpaired) electrons.